The number of nitrogens with zero attached hydrogens (tertiary/aromatic N) is 2. The highest BCUT2D eigenvalue weighted by Gasteiger charge is 2.47. The molecule has 5 nitrogen and oxygen atoms in total. The zero-order chi connectivity index (χ0) is 17.3. The summed E-state index contributed by atoms with van der Waals surface area (Å²) in [7, 11) is 0. The van der Waals surface area contributed by atoms with Crippen molar-refractivity contribution in [1.82, 2.24) is 10.2 Å². The van der Waals surface area contributed by atoms with Crippen molar-refractivity contribution in [3.63, 3.8) is 0 Å². The zero-order valence-electron chi connectivity index (χ0n) is 14.6. The maximum atomic E-state index is 13.5. The highest BCUT2D eigenvalue weighted by Crippen LogP contribution is 2.49. The van der Waals surface area contributed by atoms with E-state index in [0.29, 0.717) is 17.9 Å². The van der Waals surface area contributed by atoms with Crippen LogP contribution in [0.1, 0.15) is 46.0 Å². The van der Waals surface area contributed by atoms with Crippen molar-refractivity contribution in [3.8, 4) is 6.07 Å². The number of carbonyl (C=O) groups excluding carboxylic acids is 1. The second-order valence-electron chi connectivity index (χ2n) is 7.92. The monoisotopic (exact) mass is 337 g/mol. The van der Waals surface area contributed by atoms with Crippen LogP contribution in [0.2, 0.25) is 0 Å². The van der Waals surface area contributed by atoms with Crippen LogP contribution in [0, 0.1) is 23.2 Å². The van der Waals surface area contributed by atoms with Crippen molar-refractivity contribution in [1.29, 1.82) is 5.26 Å². The molecule has 2 saturated carbocycles. The van der Waals surface area contributed by atoms with Crippen molar-refractivity contribution in [2.24, 2.45) is 11.8 Å². The van der Waals surface area contributed by atoms with E-state index >= 15 is 0 Å². The first-order valence-electron chi connectivity index (χ1n) is 9.14. The fraction of sp³-hybridized carbons (Fsp3) is 0.889. The van der Waals surface area contributed by atoms with Gasteiger partial charge in [0.2, 0.25) is 5.91 Å². The largest absolute Gasteiger partial charge is 0.378 e. The lowest BCUT2D eigenvalue weighted by Gasteiger charge is -2.29. The molecule has 0 aromatic rings. The van der Waals surface area contributed by atoms with E-state index in [1.54, 1.807) is 0 Å². The molecule has 24 heavy (non-hydrogen) atoms. The van der Waals surface area contributed by atoms with Crippen molar-refractivity contribution in [2.75, 3.05) is 19.7 Å². The molecule has 1 heterocycles. The second-order valence-corrected chi connectivity index (χ2v) is 7.92. The molecule has 3 fully saturated rings. The van der Waals surface area contributed by atoms with Gasteiger partial charge in [-0.1, -0.05) is 0 Å². The number of ether oxygens (including phenoxy) is 1. The minimum Gasteiger partial charge on any atom is -0.378 e. The van der Waals surface area contributed by atoms with Crippen LogP contribution in [0.25, 0.3) is 0 Å². The molecule has 134 valence electrons. The predicted molar refractivity (Wildman–Crippen MR) is 87.9 cm³/mol. The van der Waals surface area contributed by atoms with Crippen LogP contribution in [0.3, 0.4) is 0 Å². The molecule has 2 aliphatic carbocycles. The fourth-order valence-electron chi connectivity index (χ4n) is 4.99. The summed E-state index contributed by atoms with van der Waals surface area (Å²) in [4.78, 5) is 13.8. The van der Waals surface area contributed by atoms with Crippen molar-refractivity contribution < 1.29 is 13.9 Å². The zero-order valence-corrected chi connectivity index (χ0v) is 14.6. The lowest BCUT2D eigenvalue weighted by atomic mass is 9.95. The molecule has 1 aliphatic heterocycles. The van der Waals surface area contributed by atoms with Crippen LogP contribution in [-0.2, 0) is 9.53 Å². The van der Waals surface area contributed by atoms with Crippen molar-refractivity contribution >= 4 is 5.91 Å². The molecule has 1 amide bonds. The minimum absolute atomic E-state index is 0.0425. The van der Waals surface area contributed by atoms with Gasteiger partial charge < -0.3 is 15.0 Å². The molecule has 6 atom stereocenters. The van der Waals surface area contributed by atoms with E-state index in [4.69, 9.17) is 10.00 Å². The van der Waals surface area contributed by atoms with Gasteiger partial charge in [0.1, 0.15) is 12.2 Å². The maximum absolute atomic E-state index is 13.5. The first kappa shape index (κ1) is 17.6. The molecule has 0 aromatic heterocycles. The van der Waals surface area contributed by atoms with Gasteiger partial charge in [0, 0.05) is 18.6 Å². The number of hydrogen-bond donors (Lipinski definition) is 1. The van der Waals surface area contributed by atoms with E-state index in [1.165, 1.54) is 4.90 Å². The molecule has 6 heteroatoms. The predicted octanol–water partition coefficient (Wildman–Crippen LogP) is 2.02. The van der Waals surface area contributed by atoms with E-state index in [9.17, 15) is 9.18 Å². The lowest BCUT2D eigenvalue weighted by molar-refractivity contribution is -0.130. The summed E-state index contributed by atoms with van der Waals surface area (Å²) in [6, 6.07) is 1.42. The molecular weight excluding hydrogens is 309 g/mol. The summed E-state index contributed by atoms with van der Waals surface area (Å²) >= 11 is 0. The van der Waals surface area contributed by atoms with Gasteiger partial charge in [0.05, 0.1) is 25.3 Å². The molecule has 0 aromatic carbocycles. The second kappa shape index (κ2) is 6.97. The summed E-state index contributed by atoms with van der Waals surface area (Å²) in [5.41, 5.74) is -0.0425. The third-order valence-electron chi connectivity index (χ3n) is 6.01. The Morgan fingerprint density at radius 1 is 1.38 bits per heavy atom. The number of likely N-dealkylation sites (tertiary alicyclic amines) is 1. The Labute approximate surface area is 143 Å². The average Bonchev–Trinajstić information content (AvgIpc) is 3.16. The fourth-order valence-corrected chi connectivity index (χ4v) is 4.99. The van der Waals surface area contributed by atoms with Gasteiger partial charge in [0.15, 0.2) is 0 Å². The Kier molecular flexibility index (Phi) is 5.12. The van der Waals surface area contributed by atoms with E-state index in [2.05, 4.69) is 12.2 Å². The number of alkyl halides is 1. The van der Waals surface area contributed by atoms with Crippen LogP contribution < -0.4 is 5.32 Å². The minimum atomic E-state index is -1.07. The van der Waals surface area contributed by atoms with Gasteiger partial charge in [-0.15, -0.1) is 0 Å². The number of nitriles is 1. The van der Waals surface area contributed by atoms with Crippen LogP contribution in [0.5, 0.6) is 0 Å². The smallest absolute Gasteiger partial charge is 0.237 e. The van der Waals surface area contributed by atoms with E-state index < -0.39 is 12.2 Å². The van der Waals surface area contributed by atoms with Gasteiger partial charge in [-0.3, -0.25) is 4.79 Å². The normalized spacial score (nSPS) is 41.4. The van der Waals surface area contributed by atoms with Gasteiger partial charge in [0.25, 0.3) is 0 Å². The Bertz CT molecular complexity index is 507. The molecule has 0 radical (unpaired) electrons. The van der Waals surface area contributed by atoms with E-state index in [0.717, 1.165) is 32.3 Å². The van der Waals surface area contributed by atoms with Crippen molar-refractivity contribution in [3.05, 3.63) is 0 Å². The Morgan fingerprint density at radius 2 is 2.04 bits per heavy atom. The molecule has 0 bridgehead atoms. The van der Waals surface area contributed by atoms with E-state index in [1.807, 2.05) is 13.0 Å². The number of amides is 1. The molecule has 1 N–H and O–H groups in total. The number of fused-ring (bicyclic) bond motifs is 1. The number of carbonyl (C=O) groups is 1. The highest BCUT2D eigenvalue weighted by molar-refractivity contribution is 5.79. The number of hydrogen-bond acceptors (Lipinski definition) is 4. The average molecular weight is 337 g/mol. The standard InChI is InChI=1S/C18H28FN3O2/c1-3-24-16-4-12-7-18(2,8-13(12)5-16)21-10-17(23)22-11-14(19)6-15(22)9-20/h12-16,21H,3-8,10-11H2,1-2H3/t12-,13?,14+,15+,16?,18?/m1/s1. The third-order valence-corrected chi connectivity index (χ3v) is 6.01. The van der Waals surface area contributed by atoms with Gasteiger partial charge in [-0.05, 0) is 51.4 Å². The molecule has 0 spiro atoms. The maximum Gasteiger partial charge on any atom is 0.237 e. The Balaban J connectivity index is 1.49. The van der Waals surface area contributed by atoms with Crippen LogP contribution in [0.4, 0.5) is 4.39 Å². The first-order chi connectivity index (χ1) is 11.4. The van der Waals surface area contributed by atoms with Crippen LogP contribution in [0.15, 0.2) is 0 Å². The van der Waals surface area contributed by atoms with Crippen molar-refractivity contribution in [2.45, 2.75) is 69.8 Å². The highest BCUT2D eigenvalue weighted by atomic mass is 19.1. The molecule has 3 unspecified atom stereocenters. The van der Waals surface area contributed by atoms with Gasteiger partial charge in [-0.25, -0.2) is 4.39 Å². The molecule has 3 rings (SSSR count). The first-order valence-corrected chi connectivity index (χ1v) is 9.14. The summed E-state index contributed by atoms with van der Waals surface area (Å²) in [5.74, 6) is 1.18. The van der Waals surface area contributed by atoms with Gasteiger partial charge >= 0.3 is 0 Å². The topological polar surface area (TPSA) is 65.4 Å². The molecule has 1 saturated heterocycles. The molecular formula is C18H28FN3O2. The summed E-state index contributed by atoms with van der Waals surface area (Å²) in [6.07, 6.45) is 3.83. The molecule has 3 aliphatic rings. The SMILES string of the molecule is CCOC1CC2CC(C)(NCC(=O)N3C[C@@H](F)C[C@H]3C#N)C[C@H]2C1. The third kappa shape index (κ3) is 3.57. The Hall–Kier alpha value is -1.19. The van der Waals surface area contributed by atoms with Crippen LogP contribution >= 0.6 is 0 Å². The quantitative estimate of drug-likeness (QED) is 0.833. The summed E-state index contributed by atoms with van der Waals surface area (Å²) in [5, 5.41) is 12.5. The van der Waals surface area contributed by atoms with Crippen LogP contribution in [-0.4, -0.2) is 54.4 Å². The number of nitrogens with one attached hydrogen (secondary N) is 1. The van der Waals surface area contributed by atoms with Gasteiger partial charge in [-0.2, -0.15) is 5.26 Å². The Morgan fingerprint density at radius 3 is 2.62 bits per heavy atom. The summed E-state index contributed by atoms with van der Waals surface area (Å²) < 4.78 is 19.2. The number of rotatable bonds is 5. The lowest BCUT2D eigenvalue weighted by Crippen LogP contribution is -2.48. The summed E-state index contributed by atoms with van der Waals surface area (Å²) in [6.45, 7) is 5.24. The number of halogens is 1. The van der Waals surface area contributed by atoms with E-state index in [-0.39, 0.29) is 31.0 Å².